The van der Waals surface area contributed by atoms with Gasteiger partial charge in [-0.05, 0) is 44.0 Å². The van der Waals surface area contributed by atoms with Crippen molar-refractivity contribution in [1.29, 1.82) is 0 Å². The van der Waals surface area contributed by atoms with Crippen molar-refractivity contribution in [3.05, 3.63) is 35.4 Å². The molecule has 1 fully saturated rings. The SMILES string of the molecule is C[C@@H](NC(=O)c1ccc(C(=O)NC2CC2)cc1)C(=O)O. The van der Waals surface area contributed by atoms with E-state index in [2.05, 4.69) is 10.6 Å². The molecule has 0 aliphatic heterocycles. The van der Waals surface area contributed by atoms with Crippen LogP contribution in [0.15, 0.2) is 24.3 Å². The van der Waals surface area contributed by atoms with E-state index in [-0.39, 0.29) is 11.9 Å². The number of carboxylic acids is 1. The highest BCUT2D eigenvalue weighted by Gasteiger charge is 2.23. The Balaban J connectivity index is 1.98. The number of nitrogens with one attached hydrogen (secondary N) is 2. The summed E-state index contributed by atoms with van der Waals surface area (Å²) in [6.07, 6.45) is 2.03. The maximum absolute atomic E-state index is 11.8. The summed E-state index contributed by atoms with van der Waals surface area (Å²) < 4.78 is 0. The fourth-order valence-electron chi connectivity index (χ4n) is 1.61. The van der Waals surface area contributed by atoms with Gasteiger partial charge in [-0.1, -0.05) is 0 Å². The van der Waals surface area contributed by atoms with Crippen molar-refractivity contribution < 1.29 is 19.5 Å². The molecule has 0 heterocycles. The monoisotopic (exact) mass is 276 g/mol. The predicted molar refractivity (Wildman–Crippen MR) is 71.5 cm³/mol. The average Bonchev–Trinajstić information content (AvgIpc) is 3.22. The quantitative estimate of drug-likeness (QED) is 0.740. The van der Waals surface area contributed by atoms with Gasteiger partial charge >= 0.3 is 5.97 Å². The third-order valence-electron chi connectivity index (χ3n) is 3.04. The van der Waals surface area contributed by atoms with E-state index in [0.717, 1.165) is 12.8 Å². The van der Waals surface area contributed by atoms with Gasteiger partial charge < -0.3 is 15.7 Å². The summed E-state index contributed by atoms with van der Waals surface area (Å²) in [7, 11) is 0. The molecule has 106 valence electrons. The Morgan fingerprint density at radius 3 is 2.05 bits per heavy atom. The largest absolute Gasteiger partial charge is 0.480 e. The first-order valence-electron chi connectivity index (χ1n) is 6.42. The van der Waals surface area contributed by atoms with Crippen LogP contribution >= 0.6 is 0 Å². The van der Waals surface area contributed by atoms with Crippen molar-refractivity contribution in [2.75, 3.05) is 0 Å². The molecule has 1 atom stereocenters. The van der Waals surface area contributed by atoms with Crippen LogP contribution in [0.5, 0.6) is 0 Å². The number of hydrogen-bond donors (Lipinski definition) is 3. The molecule has 0 bridgehead atoms. The Bertz CT molecular complexity index is 535. The highest BCUT2D eigenvalue weighted by molar-refractivity contribution is 5.99. The molecule has 3 N–H and O–H groups in total. The molecule has 1 aliphatic rings. The summed E-state index contributed by atoms with van der Waals surface area (Å²) in [6, 6.07) is 5.44. The minimum atomic E-state index is -1.10. The maximum Gasteiger partial charge on any atom is 0.325 e. The van der Waals surface area contributed by atoms with Crippen LogP contribution in [0, 0.1) is 0 Å². The Hall–Kier alpha value is -2.37. The molecule has 1 aromatic carbocycles. The zero-order chi connectivity index (χ0) is 14.7. The van der Waals surface area contributed by atoms with Gasteiger partial charge in [-0.3, -0.25) is 14.4 Å². The molecule has 6 heteroatoms. The Kier molecular flexibility index (Phi) is 4.02. The van der Waals surface area contributed by atoms with Gasteiger partial charge in [0.25, 0.3) is 11.8 Å². The van der Waals surface area contributed by atoms with Crippen LogP contribution in [0.25, 0.3) is 0 Å². The molecule has 2 rings (SSSR count). The van der Waals surface area contributed by atoms with Crippen molar-refractivity contribution in [3.8, 4) is 0 Å². The molecule has 1 saturated carbocycles. The van der Waals surface area contributed by atoms with Crippen molar-refractivity contribution in [1.82, 2.24) is 10.6 Å². The standard InChI is InChI=1S/C14H16N2O4/c1-8(14(19)20)15-12(17)9-2-4-10(5-3-9)13(18)16-11-6-7-11/h2-5,8,11H,6-7H2,1H3,(H,15,17)(H,16,18)(H,19,20)/t8-/m1/s1. The van der Waals surface area contributed by atoms with E-state index in [0.29, 0.717) is 11.1 Å². The lowest BCUT2D eigenvalue weighted by atomic mass is 10.1. The zero-order valence-electron chi connectivity index (χ0n) is 11.1. The summed E-state index contributed by atoms with van der Waals surface area (Å²) in [5.74, 6) is -1.73. The van der Waals surface area contributed by atoms with Gasteiger partial charge in [0.05, 0.1) is 0 Å². The number of benzene rings is 1. The van der Waals surface area contributed by atoms with Crippen LogP contribution in [-0.2, 0) is 4.79 Å². The van der Waals surface area contributed by atoms with Crippen LogP contribution in [0.1, 0.15) is 40.5 Å². The predicted octanol–water partition coefficient (Wildman–Crippen LogP) is 0.782. The van der Waals surface area contributed by atoms with E-state index in [9.17, 15) is 14.4 Å². The first kappa shape index (κ1) is 14.0. The van der Waals surface area contributed by atoms with E-state index < -0.39 is 17.9 Å². The molecule has 2 amide bonds. The van der Waals surface area contributed by atoms with E-state index in [1.165, 1.54) is 19.1 Å². The number of aliphatic carboxylic acids is 1. The molecule has 0 spiro atoms. The van der Waals surface area contributed by atoms with Crippen LogP contribution in [0.3, 0.4) is 0 Å². The molecule has 0 unspecified atom stereocenters. The molecule has 1 aliphatic carbocycles. The third kappa shape index (κ3) is 3.57. The molecule has 1 aromatic rings. The number of rotatable bonds is 5. The minimum absolute atomic E-state index is 0.154. The molecule has 0 radical (unpaired) electrons. The molecule has 0 saturated heterocycles. The van der Waals surface area contributed by atoms with Crippen molar-refractivity contribution >= 4 is 17.8 Å². The topological polar surface area (TPSA) is 95.5 Å². The van der Waals surface area contributed by atoms with Gasteiger partial charge in [0.15, 0.2) is 0 Å². The normalized spacial score (nSPS) is 15.2. The van der Waals surface area contributed by atoms with Gasteiger partial charge in [0, 0.05) is 17.2 Å². The van der Waals surface area contributed by atoms with E-state index in [1.807, 2.05) is 0 Å². The third-order valence-corrected chi connectivity index (χ3v) is 3.04. The number of carboxylic acid groups (broad SMARTS) is 1. The summed E-state index contributed by atoms with van der Waals surface area (Å²) in [4.78, 5) is 34.2. The fourth-order valence-corrected chi connectivity index (χ4v) is 1.61. The maximum atomic E-state index is 11.8. The smallest absolute Gasteiger partial charge is 0.325 e. The molecular formula is C14H16N2O4. The number of carbonyl (C=O) groups is 3. The molecular weight excluding hydrogens is 260 g/mol. The second-order valence-electron chi connectivity index (χ2n) is 4.86. The van der Waals surface area contributed by atoms with Crippen LogP contribution in [0.4, 0.5) is 0 Å². The number of hydrogen-bond acceptors (Lipinski definition) is 3. The van der Waals surface area contributed by atoms with E-state index in [1.54, 1.807) is 12.1 Å². The molecule has 0 aromatic heterocycles. The zero-order valence-corrected chi connectivity index (χ0v) is 11.1. The van der Waals surface area contributed by atoms with Crippen molar-refractivity contribution in [2.45, 2.75) is 31.8 Å². The Labute approximate surface area is 116 Å². The molecule has 20 heavy (non-hydrogen) atoms. The lowest BCUT2D eigenvalue weighted by Gasteiger charge is -2.09. The summed E-state index contributed by atoms with van der Waals surface area (Å²) in [6.45, 7) is 1.39. The van der Waals surface area contributed by atoms with Crippen molar-refractivity contribution in [2.24, 2.45) is 0 Å². The Morgan fingerprint density at radius 2 is 1.60 bits per heavy atom. The van der Waals surface area contributed by atoms with Gasteiger partial charge in [-0.2, -0.15) is 0 Å². The lowest BCUT2D eigenvalue weighted by Crippen LogP contribution is -2.38. The summed E-state index contributed by atoms with van der Waals surface area (Å²) >= 11 is 0. The first-order valence-corrected chi connectivity index (χ1v) is 6.42. The Morgan fingerprint density at radius 1 is 1.10 bits per heavy atom. The first-order chi connectivity index (χ1) is 9.47. The van der Waals surface area contributed by atoms with Gasteiger partial charge in [-0.25, -0.2) is 0 Å². The number of amides is 2. The second kappa shape index (κ2) is 5.73. The number of carbonyl (C=O) groups excluding carboxylic acids is 2. The second-order valence-corrected chi connectivity index (χ2v) is 4.86. The van der Waals surface area contributed by atoms with Crippen molar-refractivity contribution in [3.63, 3.8) is 0 Å². The highest BCUT2D eigenvalue weighted by Crippen LogP contribution is 2.19. The summed E-state index contributed by atoms with van der Waals surface area (Å²) in [5, 5.41) is 13.9. The minimum Gasteiger partial charge on any atom is -0.480 e. The average molecular weight is 276 g/mol. The lowest BCUT2D eigenvalue weighted by molar-refractivity contribution is -0.138. The van der Waals surface area contributed by atoms with E-state index >= 15 is 0 Å². The van der Waals surface area contributed by atoms with Gasteiger partial charge in [0.1, 0.15) is 6.04 Å². The van der Waals surface area contributed by atoms with Crippen LogP contribution in [0.2, 0.25) is 0 Å². The fraction of sp³-hybridized carbons (Fsp3) is 0.357. The van der Waals surface area contributed by atoms with Gasteiger partial charge in [0.2, 0.25) is 0 Å². The van der Waals surface area contributed by atoms with Crippen LogP contribution in [-0.4, -0.2) is 35.0 Å². The van der Waals surface area contributed by atoms with Gasteiger partial charge in [-0.15, -0.1) is 0 Å². The molecule has 6 nitrogen and oxygen atoms in total. The van der Waals surface area contributed by atoms with E-state index in [4.69, 9.17) is 5.11 Å². The summed E-state index contributed by atoms with van der Waals surface area (Å²) in [5.41, 5.74) is 0.806. The highest BCUT2D eigenvalue weighted by atomic mass is 16.4. The van der Waals surface area contributed by atoms with Crippen LogP contribution < -0.4 is 10.6 Å².